The highest BCUT2D eigenvalue weighted by atomic mass is 32.2. The van der Waals surface area contributed by atoms with Crippen LogP contribution in [0.4, 0.5) is 0 Å². The quantitative estimate of drug-likeness (QED) is 0.864. The molecule has 0 aromatic carbocycles. The Morgan fingerprint density at radius 1 is 1.47 bits per heavy atom. The molecular formula is C12H22N4O2S. The van der Waals surface area contributed by atoms with Gasteiger partial charge in [0.05, 0.1) is 12.7 Å². The fraction of sp³-hybridized carbons (Fsp3) is 0.750. The summed E-state index contributed by atoms with van der Waals surface area (Å²) in [4.78, 5) is 0.290. The minimum Gasteiger partial charge on any atom is -0.318 e. The molecule has 0 unspecified atom stereocenters. The number of nitrogens with one attached hydrogen (secondary N) is 1. The first-order chi connectivity index (χ1) is 8.88. The average Bonchev–Trinajstić information content (AvgIpc) is 2.92. The van der Waals surface area contributed by atoms with Crippen molar-refractivity contribution in [1.29, 1.82) is 0 Å². The third-order valence-electron chi connectivity index (χ3n) is 3.61. The fourth-order valence-corrected chi connectivity index (χ4v) is 4.28. The lowest BCUT2D eigenvalue weighted by Gasteiger charge is -2.29. The summed E-state index contributed by atoms with van der Waals surface area (Å²) < 4.78 is 28.4. The lowest BCUT2D eigenvalue weighted by atomic mass is 10.0. The molecular weight excluding hydrogens is 264 g/mol. The lowest BCUT2D eigenvalue weighted by molar-refractivity contribution is 0.291. The molecule has 0 saturated carbocycles. The molecule has 1 saturated heterocycles. The van der Waals surface area contributed by atoms with Crippen molar-refractivity contribution in [2.45, 2.75) is 43.7 Å². The maximum absolute atomic E-state index is 12.6. The van der Waals surface area contributed by atoms with Gasteiger partial charge in [0.25, 0.3) is 0 Å². The van der Waals surface area contributed by atoms with E-state index in [4.69, 9.17) is 0 Å². The number of rotatable bonds is 5. The van der Waals surface area contributed by atoms with Gasteiger partial charge in [0.15, 0.2) is 0 Å². The van der Waals surface area contributed by atoms with Gasteiger partial charge in [-0.05, 0) is 33.7 Å². The third kappa shape index (κ3) is 2.82. The summed E-state index contributed by atoms with van der Waals surface area (Å²) in [7, 11) is -1.57. The smallest absolute Gasteiger partial charge is 0.246 e. The second-order valence-electron chi connectivity index (χ2n) is 5.54. The number of likely N-dealkylation sites (N-methyl/N-ethyl adjacent to an activating group) is 1. The van der Waals surface area contributed by atoms with E-state index in [1.165, 1.54) is 6.20 Å². The topological polar surface area (TPSA) is 67.2 Å². The van der Waals surface area contributed by atoms with Crippen LogP contribution in [-0.2, 0) is 16.6 Å². The molecule has 1 aromatic rings. The monoisotopic (exact) mass is 286 g/mol. The molecule has 0 amide bonds. The molecule has 1 aliphatic rings. The van der Waals surface area contributed by atoms with Crippen molar-refractivity contribution >= 4 is 10.0 Å². The first kappa shape index (κ1) is 14.5. The van der Waals surface area contributed by atoms with Gasteiger partial charge < -0.3 is 5.32 Å². The third-order valence-corrected chi connectivity index (χ3v) is 5.68. The van der Waals surface area contributed by atoms with E-state index < -0.39 is 10.0 Å². The molecule has 2 heterocycles. The molecule has 2 rings (SSSR count). The maximum Gasteiger partial charge on any atom is 0.246 e. The van der Waals surface area contributed by atoms with E-state index in [0.717, 1.165) is 19.4 Å². The summed E-state index contributed by atoms with van der Waals surface area (Å²) in [5, 5.41) is 7.12. The largest absolute Gasteiger partial charge is 0.318 e. The molecule has 0 bridgehead atoms. The van der Waals surface area contributed by atoms with Crippen LogP contribution < -0.4 is 5.32 Å². The molecule has 0 aliphatic carbocycles. The van der Waals surface area contributed by atoms with Crippen LogP contribution in [0.2, 0.25) is 0 Å². The highest BCUT2D eigenvalue weighted by molar-refractivity contribution is 7.89. The molecule has 1 aliphatic heterocycles. The summed E-state index contributed by atoms with van der Waals surface area (Å²) in [6.07, 6.45) is 4.88. The molecule has 1 fully saturated rings. The van der Waals surface area contributed by atoms with Crippen LogP contribution in [0.3, 0.4) is 0 Å². The molecule has 1 N–H and O–H groups in total. The minimum atomic E-state index is -3.42. The van der Waals surface area contributed by atoms with Crippen molar-refractivity contribution in [3.8, 4) is 0 Å². The van der Waals surface area contributed by atoms with Crippen molar-refractivity contribution in [3.63, 3.8) is 0 Å². The molecule has 108 valence electrons. The van der Waals surface area contributed by atoms with Gasteiger partial charge >= 0.3 is 0 Å². The van der Waals surface area contributed by atoms with Gasteiger partial charge in [0, 0.05) is 24.8 Å². The van der Waals surface area contributed by atoms with Crippen LogP contribution in [0.25, 0.3) is 0 Å². The SMILES string of the molecule is CNCCn1cc(S(=O)(=O)N2CCCC2(C)C)cn1. The van der Waals surface area contributed by atoms with Gasteiger partial charge in [-0.3, -0.25) is 4.68 Å². The normalized spacial score (nSPS) is 19.9. The van der Waals surface area contributed by atoms with Gasteiger partial charge in [-0.2, -0.15) is 9.40 Å². The van der Waals surface area contributed by atoms with Crippen molar-refractivity contribution in [1.82, 2.24) is 19.4 Å². The number of hydrogen-bond donors (Lipinski definition) is 1. The Labute approximate surface area is 114 Å². The van der Waals surface area contributed by atoms with Crippen LogP contribution >= 0.6 is 0 Å². The van der Waals surface area contributed by atoms with Gasteiger partial charge in [-0.15, -0.1) is 0 Å². The number of hydrogen-bond acceptors (Lipinski definition) is 4. The summed E-state index contributed by atoms with van der Waals surface area (Å²) in [6.45, 7) is 5.97. The molecule has 0 radical (unpaired) electrons. The molecule has 1 aromatic heterocycles. The second-order valence-corrected chi connectivity index (χ2v) is 7.40. The van der Waals surface area contributed by atoms with E-state index in [1.54, 1.807) is 15.2 Å². The minimum absolute atomic E-state index is 0.290. The van der Waals surface area contributed by atoms with Crippen LogP contribution in [0, 0.1) is 0 Å². The number of nitrogens with zero attached hydrogens (tertiary/aromatic N) is 3. The second kappa shape index (κ2) is 5.22. The highest BCUT2D eigenvalue weighted by Gasteiger charge is 2.41. The van der Waals surface area contributed by atoms with Gasteiger partial charge in [0.2, 0.25) is 10.0 Å². The zero-order valence-corrected chi connectivity index (χ0v) is 12.6. The van der Waals surface area contributed by atoms with Gasteiger partial charge in [0.1, 0.15) is 4.90 Å². The molecule has 19 heavy (non-hydrogen) atoms. The molecule has 6 nitrogen and oxygen atoms in total. The predicted molar refractivity (Wildman–Crippen MR) is 73.4 cm³/mol. The Bertz CT molecular complexity index is 536. The van der Waals surface area contributed by atoms with Crippen LogP contribution in [0.5, 0.6) is 0 Å². The first-order valence-corrected chi connectivity index (χ1v) is 8.02. The zero-order chi connectivity index (χ0) is 14.1. The fourth-order valence-electron chi connectivity index (χ4n) is 2.48. The average molecular weight is 286 g/mol. The summed E-state index contributed by atoms with van der Waals surface area (Å²) in [6, 6.07) is 0. The molecule has 0 spiro atoms. The van der Waals surface area contributed by atoms with E-state index in [1.807, 2.05) is 20.9 Å². The van der Waals surface area contributed by atoms with Gasteiger partial charge in [-0.25, -0.2) is 8.42 Å². The van der Waals surface area contributed by atoms with E-state index >= 15 is 0 Å². The summed E-state index contributed by atoms with van der Waals surface area (Å²) in [5.41, 5.74) is -0.300. The van der Waals surface area contributed by atoms with E-state index in [2.05, 4.69) is 10.4 Å². The van der Waals surface area contributed by atoms with Crippen LogP contribution in [0.1, 0.15) is 26.7 Å². The zero-order valence-electron chi connectivity index (χ0n) is 11.8. The first-order valence-electron chi connectivity index (χ1n) is 6.58. The highest BCUT2D eigenvalue weighted by Crippen LogP contribution is 2.33. The molecule has 7 heteroatoms. The maximum atomic E-state index is 12.6. The van der Waals surface area contributed by atoms with E-state index in [9.17, 15) is 8.42 Å². The summed E-state index contributed by atoms with van der Waals surface area (Å²) in [5.74, 6) is 0. The van der Waals surface area contributed by atoms with Crippen LogP contribution in [-0.4, -0.2) is 48.2 Å². The predicted octanol–water partition coefficient (Wildman–Crippen LogP) is 0.666. The summed E-state index contributed by atoms with van der Waals surface area (Å²) >= 11 is 0. The Morgan fingerprint density at radius 2 is 2.21 bits per heavy atom. The van der Waals surface area contributed by atoms with E-state index in [-0.39, 0.29) is 5.54 Å². The lowest BCUT2D eigenvalue weighted by Crippen LogP contribution is -2.42. The Hall–Kier alpha value is -0.920. The number of aromatic nitrogens is 2. The standard InChI is InChI=1S/C12H22N4O2S/c1-12(2)5-4-7-16(12)19(17,18)11-9-14-15(10-11)8-6-13-3/h9-10,13H,4-8H2,1-3H3. The van der Waals surface area contributed by atoms with E-state index in [0.29, 0.717) is 18.0 Å². The van der Waals surface area contributed by atoms with Crippen molar-refractivity contribution in [2.24, 2.45) is 0 Å². The Kier molecular flexibility index (Phi) is 3.98. The molecule has 0 atom stereocenters. The van der Waals surface area contributed by atoms with Crippen LogP contribution in [0.15, 0.2) is 17.3 Å². The Morgan fingerprint density at radius 3 is 2.79 bits per heavy atom. The Balaban J connectivity index is 2.22. The number of sulfonamides is 1. The van der Waals surface area contributed by atoms with Gasteiger partial charge in [-0.1, -0.05) is 0 Å². The van der Waals surface area contributed by atoms with Crippen molar-refractivity contribution < 1.29 is 8.42 Å². The van der Waals surface area contributed by atoms with Crippen molar-refractivity contribution in [3.05, 3.63) is 12.4 Å². The van der Waals surface area contributed by atoms with Crippen molar-refractivity contribution in [2.75, 3.05) is 20.1 Å².